The number of hydrogen-bond acceptors (Lipinski definition) is 3. The number of rotatable bonds is 4. The highest BCUT2D eigenvalue weighted by molar-refractivity contribution is 5.79. The van der Waals surface area contributed by atoms with Crippen LogP contribution in [0, 0.1) is 5.92 Å². The Kier molecular flexibility index (Phi) is 5.11. The van der Waals surface area contributed by atoms with Crippen molar-refractivity contribution in [2.75, 3.05) is 32.7 Å². The molecule has 0 spiro atoms. The number of carbonyl (C=O) groups excluding carboxylic acids is 1. The van der Waals surface area contributed by atoms with E-state index >= 15 is 0 Å². The van der Waals surface area contributed by atoms with Crippen LogP contribution in [0.4, 0.5) is 0 Å². The molecule has 3 rings (SSSR count). The van der Waals surface area contributed by atoms with Crippen LogP contribution in [0.3, 0.4) is 0 Å². The molecule has 1 N–H and O–H groups in total. The molecule has 2 aliphatic rings. The van der Waals surface area contributed by atoms with E-state index in [0.717, 1.165) is 44.6 Å². The van der Waals surface area contributed by atoms with E-state index in [1.807, 2.05) is 35.2 Å². The van der Waals surface area contributed by atoms with Gasteiger partial charge in [0.2, 0.25) is 5.91 Å². The molecule has 1 aromatic carbocycles. The lowest BCUT2D eigenvalue weighted by atomic mass is 10.1. The van der Waals surface area contributed by atoms with Gasteiger partial charge in [-0.15, -0.1) is 0 Å². The Morgan fingerprint density at radius 1 is 1.09 bits per heavy atom. The van der Waals surface area contributed by atoms with Crippen LogP contribution in [0.5, 0.6) is 0 Å². The maximum Gasteiger partial charge on any atom is 0.225 e. The highest BCUT2D eigenvalue weighted by Gasteiger charge is 2.29. The van der Waals surface area contributed by atoms with Gasteiger partial charge in [-0.1, -0.05) is 43.2 Å². The molecule has 2 fully saturated rings. The van der Waals surface area contributed by atoms with Crippen molar-refractivity contribution < 1.29 is 9.90 Å². The lowest BCUT2D eigenvalue weighted by molar-refractivity contribution is -0.137. The van der Waals surface area contributed by atoms with Crippen LogP contribution < -0.4 is 0 Å². The van der Waals surface area contributed by atoms with Gasteiger partial charge in [-0.25, -0.2) is 0 Å². The molecule has 1 amide bonds. The fourth-order valence-electron chi connectivity index (χ4n) is 3.61. The van der Waals surface area contributed by atoms with E-state index < -0.39 is 6.10 Å². The number of piperazine rings is 1. The normalized spacial score (nSPS) is 22.0. The van der Waals surface area contributed by atoms with Gasteiger partial charge in [0.25, 0.3) is 0 Å². The molecule has 1 aliphatic heterocycles. The molecule has 22 heavy (non-hydrogen) atoms. The summed E-state index contributed by atoms with van der Waals surface area (Å²) in [6, 6.07) is 9.80. The molecule has 0 radical (unpaired) electrons. The quantitative estimate of drug-likeness (QED) is 0.926. The molecule has 1 aliphatic carbocycles. The fraction of sp³-hybridized carbons (Fsp3) is 0.611. The number of carbonyl (C=O) groups is 1. The highest BCUT2D eigenvalue weighted by Crippen LogP contribution is 2.27. The van der Waals surface area contributed by atoms with Gasteiger partial charge >= 0.3 is 0 Å². The maximum absolute atomic E-state index is 12.4. The lowest BCUT2D eigenvalue weighted by Crippen LogP contribution is -2.50. The van der Waals surface area contributed by atoms with Gasteiger partial charge in [-0.2, -0.15) is 0 Å². The van der Waals surface area contributed by atoms with Gasteiger partial charge in [-0.05, 0) is 18.4 Å². The zero-order valence-corrected chi connectivity index (χ0v) is 13.2. The predicted molar refractivity (Wildman–Crippen MR) is 86.4 cm³/mol. The summed E-state index contributed by atoms with van der Waals surface area (Å²) in [7, 11) is 0. The number of hydrogen-bond donors (Lipinski definition) is 1. The second-order valence-electron chi connectivity index (χ2n) is 6.53. The highest BCUT2D eigenvalue weighted by atomic mass is 16.3. The predicted octanol–water partition coefficient (Wildman–Crippen LogP) is 2.05. The number of nitrogens with zero attached hydrogens (tertiary/aromatic N) is 2. The molecule has 0 aromatic heterocycles. The smallest absolute Gasteiger partial charge is 0.225 e. The van der Waals surface area contributed by atoms with Crippen molar-refractivity contribution in [1.29, 1.82) is 0 Å². The molecular weight excluding hydrogens is 276 g/mol. The second kappa shape index (κ2) is 7.25. The summed E-state index contributed by atoms with van der Waals surface area (Å²) in [5.74, 6) is 0.641. The topological polar surface area (TPSA) is 43.8 Å². The Bertz CT molecular complexity index is 477. The number of β-amino-alcohol motifs (C(OH)–C–C–N with tert-alkyl or cyclic N) is 1. The average Bonchev–Trinajstić information content (AvgIpc) is 3.10. The monoisotopic (exact) mass is 302 g/mol. The Morgan fingerprint density at radius 2 is 1.73 bits per heavy atom. The Morgan fingerprint density at radius 3 is 2.36 bits per heavy atom. The first-order valence-corrected chi connectivity index (χ1v) is 8.48. The van der Waals surface area contributed by atoms with Crippen LogP contribution in [0.15, 0.2) is 30.3 Å². The first kappa shape index (κ1) is 15.5. The standard InChI is InChI=1S/C18H26N2O2/c21-17(15-6-2-1-3-7-15)14-19-10-12-20(13-11-19)18(22)16-8-4-5-9-16/h1-3,6-7,16-17,21H,4-5,8-14H2/t17-/m0/s1. The largest absolute Gasteiger partial charge is 0.387 e. The minimum Gasteiger partial charge on any atom is -0.387 e. The van der Waals surface area contributed by atoms with Gasteiger partial charge in [-0.3, -0.25) is 9.69 Å². The van der Waals surface area contributed by atoms with Crippen molar-refractivity contribution in [3.63, 3.8) is 0 Å². The van der Waals surface area contributed by atoms with Gasteiger partial charge < -0.3 is 10.0 Å². The van der Waals surface area contributed by atoms with Crippen molar-refractivity contribution in [2.45, 2.75) is 31.8 Å². The molecule has 0 bridgehead atoms. The van der Waals surface area contributed by atoms with Crippen LogP contribution in [0.1, 0.15) is 37.4 Å². The maximum atomic E-state index is 12.4. The van der Waals surface area contributed by atoms with Crippen molar-refractivity contribution in [3.05, 3.63) is 35.9 Å². The van der Waals surface area contributed by atoms with Gasteiger partial charge in [0, 0.05) is 38.6 Å². The second-order valence-corrected chi connectivity index (χ2v) is 6.53. The zero-order chi connectivity index (χ0) is 15.4. The number of benzene rings is 1. The minimum absolute atomic E-state index is 0.279. The third-order valence-corrected chi connectivity index (χ3v) is 5.00. The van der Waals surface area contributed by atoms with E-state index in [2.05, 4.69) is 4.90 Å². The number of amides is 1. The first-order chi connectivity index (χ1) is 10.7. The third kappa shape index (κ3) is 3.68. The molecule has 1 heterocycles. The SMILES string of the molecule is O=C(C1CCCC1)N1CCN(C[C@H](O)c2ccccc2)CC1. The van der Waals surface area contributed by atoms with Crippen molar-refractivity contribution in [1.82, 2.24) is 9.80 Å². The average molecular weight is 302 g/mol. The summed E-state index contributed by atoms with van der Waals surface area (Å²) in [5.41, 5.74) is 0.965. The first-order valence-electron chi connectivity index (χ1n) is 8.48. The van der Waals surface area contributed by atoms with E-state index in [0.29, 0.717) is 12.5 Å². The molecule has 4 nitrogen and oxygen atoms in total. The van der Waals surface area contributed by atoms with Gasteiger partial charge in [0.1, 0.15) is 0 Å². The summed E-state index contributed by atoms with van der Waals surface area (Å²) in [5, 5.41) is 10.3. The summed E-state index contributed by atoms with van der Waals surface area (Å²) >= 11 is 0. The van der Waals surface area contributed by atoms with Crippen molar-refractivity contribution in [3.8, 4) is 0 Å². The van der Waals surface area contributed by atoms with E-state index in [9.17, 15) is 9.90 Å². The molecule has 4 heteroatoms. The molecule has 120 valence electrons. The Labute approximate surface area is 132 Å². The van der Waals surface area contributed by atoms with E-state index in [1.54, 1.807) is 0 Å². The molecular formula is C18H26N2O2. The molecule has 1 saturated heterocycles. The summed E-state index contributed by atoms with van der Waals surface area (Å²) in [4.78, 5) is 16.7. The van der Waals surface area contributed by atoms with E-state index in [4.69, 9.17) is 0 Å². The van der Waals surface area contributed by atoms with Gasteiger partial charge in [0.15, 0.2) is 0 Å². The van der Waals surface area contributed by atoms with Crippen LogP contribution in [0.25, 0.3) is 0 Å². The fourth-order valence-corrected chi connectivity index (χ4v) is 3.61. The summed E-state index contributed by atoms with van der Waals surface area (Å²) < 4.78 is 0. The molecule has 1 saturated carbocycles. The zero-order valence-electron chi connectivity index (χ0n) is 13.2. The van der Waals surface area contributed by atoms with Gasteiger partial charge in [0.05, 0.1) is 6.10 Å². The van der Waals surface area contributed by atoms with Crippen LogP contribution in [-0.2, 0) is 4.79 Å². The molecule has 1 aromatic rings. The number of aliphatic hydroxyl groups excluding tert-OH is 1. The number of aliphatic hydroxyl groups is 1. The van der Waals surface area contributed by atoms with Crippen molar-refractivity contribution in [2.24, 2.45) is 5.92 Å². The van der Waals surface area contributed by atoms with Crippen LogP contribution in [0.2, 0.25) is 0 Å². The Hall–Kier alpha value is -1.39. The van der Waals surface area contributed by atoms with E-state index in [-0.39, 0.29) is 5.92 Å². The van der Waals surface area contributed by atoms with Crippen LogP contribution >= 0.6 is 0 Å². The van der Waals surface area contributed by atoms with E-state index in [1.165, 1.54) is 12.8 Å². The third-order valence-electron chi connectivity index (χ3n) is 5.00. The van der Waals surface area contributed by atoms with Crippen LogP contribution in [-0.4, -0.2) is 53.5 Å². The summed E-state index contributed by atoms with van der Waals surface area (Å²) in [6.07, 6.45) is 4.12. The molecule has 0 unspecified atom stereocenters. The lowest BCUT2D eigenvalue weighted by Gasteiger charge is -2.36. The minimum atomic E-state index is -0.446. The summed E-state index contributed by atoms with van der Waals surface area (Å²) in [6.45, 7) is 3.98. The van der Waals surface area contributed by atoms with Crippen molar-refractivity contribution >= 4 is 5.91 Å². The Balaban J connectivity index is 1.46. The molecule has 1 atom stereocenters.